The lowest BCUT2D eigenvalue weighted by atomic mass is 9.87. The zero-order chi connectivity index (χ0) is 11.9. The smallest absolute Gasteiger partial charge is 0.0913 e. The maximum absolute atomic E-state index is 4.74. The lowest BCUT2D eigenvalue weighted by molar-refractivity contribution is 0.550. The van der Waals surface area contributed by atoms with Crippen LogP contribution in [0.25, 0.3) is 0 Å². The van der Waals surface area contributed by atoms with Gasteiger partial charge in [0.05, 0.1) is 18.3 Å². The number of rotatable bonds is 2. The SMILES string of the molecule is c1ccc(C2CN2/N=C2/Cc3ccccc32)cc1. The van der Waals surface area contributed by atoms with Crippen LogP contribution < -0.4 is 0 Å². The topological polar surface area (TPSA) is 15.4 Å². The summed E-state index contributed by atoms with van der Waals surface area (Å²) in [4.78, 5) is 0. The number of hydrazone groups is 1. The Kier molecular flexibility index (Phi) is 2.04. The van der Waals surface area contributed by atoms with Crippen LogP contribution in [0.1, 0.15) is 22.7 Å². The Morgan fingerprint density at radius 2 is 1.72 bits per heavy atom. The van der Waals surface area contributed by atoms with Crippen LogP contribution in [0.4, 0.5) is 0 Å². The first-order valence-electron chi connectivity index (χ1n) is 6.39. The van der Waals surface area contributed by atoms with Gasteiger partial charge in [-0.1, -0.05) is 54.6 Å². The van der Waals surface area contributed by atoms with Crippen molar-refractivity contribution in [3.8, 4) is 0 Å². The molecule has 1 aliphatic heterocycles. The summed E-state index contributed by atoms with van der Waals surface area (Å²) in [6, 6.07) is 19.6. The summed E-state index contributed by atoms with van der Waals surface area (Å²) in [6.45, 7) is 1.05. The molecule has 2 aromatic rings. The molecule has 0 N–H and O–H groups in total. The highest BCUT2D eigenvalue weighted by Crippen LogP contribution is 2.36. The molecule has 2 aliphatic rings. The van der Waals surface area contributed by atoms with E-state index in [0.29, 0.717) is 6.04 Å². The van der Waals surface area contributed by atoms with Crippen molar-refractivity contribution < 1.29 is 0 Å². The molecule has 1 saturated heterocycles. The van der Waals surface area contributed by atoms with Crippen LogP contribution in [0.2, 0.25) is 0 Å². The molecule has 88 valence electrons. The minimum atomic E-state index is 0.492. The summed E-state index contributed by atoms with van der Waals surface area (Å²) in [6.07, 6.45) is 1.02. The second-order valence-corrected chi connectivity index (χ2v) is 4.93. The van der Waals surface area contributed by atoms with Gasteiger partial charge in [-0.2, -0.15) is 5.10 Å². The average molecular weight is 234 g/mol. The van der Waals surface area contributed by atoms with Gasteiger partial charge >= 0.3 is 0 Å². The van der Waals surface area contributed by atoms with E-state index in [1.807, 2.05) is 0 Å². The van der Waals surface area contributed by atoms with Gasteiger partial charge < -0.3 is 0 Å². The number of hydrogen-bond acceptors (Lipinski definition) is 2. The zero-order valence-corrected chi connectivity index (χ0v) is 10.1. The molecule has 0 radical (unpaired) electrons. The molecular formula is C16H14N2. The summed E-state index contributed by atoms with van der Waals surface area (Å²) >= 11 is 0. The van der Waals surface area contributed by atoms with E-state index in [2.05, 4.69) is 59.6 Å². The molecule has 2 nitrogen and oxygen atoms in total. The Hall–Kier alpha value is -2.09. The highest BCUT2D eigenvalue weighted by atomic mass is 15.6. The molecule has 2 heteroatoms. The van der Waals surface area contributed by atoms with Gasteiger partial charge in [0.2, 0.25) is 0 Å². The van der Waals surface area contributed by atoms with Gasteiger partial charge in [0, 0.05) is 12.0 Å². The van der Waals surface area contributed by atoms with Crippen molar-refractivity contribution in [2.45, 2.75) is 12.5 Å². The normalized spacial score (nSPS) is 22.6. The van der Waals surface area contributed by atoms with Crippen LogP contribution in [0, 0.1) is 0 Å². The lowest BCUT2D eigenvalue weighted by Crippen LogP contribution is -2.20. The Balaban J connectivity index is 1.53. The molecular weight excluding hydrogens is 220 g/mol. The molecule has 4 rings (SSSR count). The van der Waals surface area contributed by atoms with Crippen molar-refractivity contribution in [1.82, 2.24) is 5.01 Å². The molecule has 2 aromatic carbocycles. The fourth-order valence-corrected chi connectivity index (χ4v) is 2.56. The third-order valence-electron chi connectivity index (χ3n) is 3.71. The number of nitrogens with zero attached hydrogens (tertiary/aromatic N) is 2. The van der Waals surface area contributed by atoms with Crippen LogP contribution in [-0.2, 0) is 6.42 Å². The van der Waals surface area contributed by atoms with Crippen LogP contribution in [0.3, 0.4) is 0 Å². The third-order valence-corrected chi connectivity index (χ3v) is 3.71. The predicted molar refractivity (Wildman–Crippen MR) is 72.6 cm³/mol. The van der Waals surface area contributed by atoms with Crippen molar-refractivity contribution in [3.05, 3.63) is 71.3 Å². The van der Waals surface area contributed by atoms with E-state index in [9.17, 15) is 0 Å². The minimum absolute atomic E-state index is 0.492. The Morgan fingerprint density at radius 1 is 0.944 bits per heavy atom. The largest absolute Gasteiger partial charge is 0.285 e. The van der Waals surface area contributed by atoms with Gasteiger partial charge in [0.25, 0.3) is 0 Å². The van der Waals surface area contributed by atoms with Crippen molar-refractivity contribution in [2.75, 3.05) is 6.54 Å². The molecule has 1 atom stereocenters. The number of benzene rings is 2. The van der Waals surface area contributed by atoms with Crippen LogP contribution >= 0.6 is 0 Å². The summed E-state index contributed by atoms with van der Waals surface area (Å²) < 4.78 is 0. The molecule has 1 unspecified atom stereocenters. The molecule has 1 fully saturated rings. The van der Waals surface area contributed by atoms with Gasteiger partial charge in [-0.15, -0.1) is 0 Å². The number of fused-ring (bicyclic) bond motifs is 1. The highest BCUT2D eigenvalue weighted by Gasteiger charge is 2.35. The van der Waals surface area contributed by atoms with Crippen molar-refractivity contribution in [1.29, 1.82) is 0 Å². The first kappa shape index (κ1) is 9.89. The Bertz CT molecular complexity index is 616. The van der Waals surface area contributed by atoms with Gasteiger partial charge in [-0.05, 0) is 11.1 Å². The molecule has 1 aliphatic carbocycles. The van der Waals surface area contributed by atoms with E-state index in [1.54, 1.807) is 0 Å². The first-order valence-corrected chi connectivity index (χ1v) is 6.39. The lowest BCUT2D eigenvalue weighted by Gasteiger charge is -2.20. The summed E-state index contributed by atoms with van der Waals surface area (Å²) in [5, 5.41) is 6.92. The molecule has 0 bridgehead atoms. The molecule has 0 spiro atoms. The minimum Gasteiger partial charge on any atom is -0.285 e. The highest BCUT2D eigenvalue weighted by molar-refractivity contribution is 6.10. The molecule has 18 heavy (non-hydrogen) atoms. The predicted octanol–water partition coefficient (Wildman–Crippen LogP) is 3.00. The van der Waals surface area contributed by atoms with Crippen LogP contribution in [-0.4, -0.2) is 17.3 Å². The second kappa shape index (κ2) is 3.70. The fourth-order valence-electron chi connectivity index (χ4n) is 2.56. The first-order chi connectivity index (χ1) is 8.92. The fraction of sp³-hybridized carbons (Fsp3) is 0.188. The maximum Gasteiger partial charge on any atom is 0.0913 e. The molecule has 0 aromatic heterocycles. The van der Waals surface area contributed by atoms with Gasteiger partial charge in [-0.3, -0.25) is 5.01 Å². The Morgan fingerprint density at radius 3 is 2.56 bits per heavy atom. The second-order valence-electron chi connectivity index (χ2n) is 4.93. The summed E-state index contributed by atoms with van der Waals surface area (Å²) in [5.41, 5.74) is 5.36. The Labute approximate surface area is 107 Å². The van der Waals surface area contributed by atoms with Crippen molar-refractivity contribution >= 4 is 5.71 Å². The summed E-state index contributed by atoms with van der Waals surface area (Å²) in [5.74, 6) is 0. The average Bonchev–Trinajstić information content (AvgIpc) is 3.17. The molecule has 0 saturated carbocycles. The number of hydrogen-bond donors (Lipinski definition) is 0. The monoisotopic (exact) mass is 234 g/mol. The van der Waals surface area contributed by atoms with Gasteiger partial charge in [0.1, 0.15) is 0 Å². The van der Waals surface area contributed by atoms with Gasteiger partial charge in [-0.25, -0.2) is 0 Å². The van der Waals surface area contributed by atoms with Gasteiger partial charge in [0.15, 0.2) is 0 Å². The van der Waals surface area contributed by atoms with E-state index in [0.717, 1.165) is 13.0 Å². The maximum atomic E-state index is 4.74. The zero-order valence-electron chi connectivity index (χ0n) is 10.1. The summed E-state index contributed by atoms with van der Waals surface area (Å²) in [7, 11) is 0. The standard InChI is InChI=1S/C16H14N2/c1-2-6-12(7-3-1)16-11-18(16)17-15-10-13-8-4-5-9-14(13)15/h1-9,16H,10-11H2/b17-15-. The van der Waals surface area contributed by atoms with Crippen LogP contribution in [0.5, 0.6) is 0 Å². The van der Waals surface area contributed by atoms with E-state index in [-0.39, 0.29) is 0 Å². The molecule has 1 heterocycles. The van der Waals surface area contributed by atoms with E-state index in [1.165, 1.54) is 22.4 Å². The van der Waals surface area contributed by atoms with E-state index < -0.39 is 0 Å². The molecule has 0 amide bonds. The quantitative estimate of drug-likeness (QED) is 0.729. The van der Waals surface area contributed by atoms with Crippen LogP contribution in [0.15, 0.2) is 59.7 Å². The van der Waals surface area contributed by atoms with Crippen molar-refractivity contribution in [2.24, 2.45) is 5.10 Å². The van der Waals surface area contributed by atoms with E-state index >= 15 is 0 Å². The van der Waals surface area contributed by atoms with E-state index in [4.69, 9.17) is 5.10 Å². The third kappa shape index (κ3) is 1.53. The van der Waals surface area contributed by atoms with Crippen molar-refractivity contribution in [3.63, 3.8) is 0 Å².